The number of nitrogens with zero attached hydrogens (tertiary/aromatic N) is 1. The minimum Gasteiger partial charge on any atom is -0.464 e. The molecule has 0 saturated heterocycles. The van der Waals surface area contributed by atoms with Crippen molar-refractivity contribution in [3.8, 4) is 22.8 Å². The van der Waals surface area contributed by atoms with E-state index in [0.29, 0.717) is 18.1 Å². The second-order valence-corrected chi connectivity index (χ2v) is 10.4. The van der Waals surface area contributed by atoms with Crippen molar-refractivity contribution in [2.75, 3.05) is 13.2 Å². The summed E-state index contributed by atoms with van der Waals surface area (Å²) >= 11 is 0. The van der Waals surface area contributed by atoms with Crippen LogP contribution in [0.5, 0.6) is 11.5 Å². The number of nitrogens with one attached hydrogen (secondary N) is 1. The quantitative estimate of drug-likeness (QED) is 0.182. The van der Waals surface area contributed by atoms with E-state index in [1.54, 1.807) is 20.1 Å². The van der Waals surface area contributed by atoms with Gasteiger partial charge in [0.15, 0.2) is 5.89 Å². The van der Waals surface area contributed by atoms with E-state index in [1.807, 2.05) is 36.4 Å². The minimum atomic E-state index is -1.94. The van der Waals surface area contributed by atoms with E-state index in [2.05, 4.69) is 24.1 Å². The van der Waals surface area contributed by atoms with Crippen molar-refractivity contribution < 1.29 is 33.0 Å². The van der Waals surface area contributed by atoms with Gasteiger partial charge in [-0.2, -0.15) is 0 Å². The Bertz CT molecular complexity index is 1390. The summed E-state index contributed by atoms with van der Waals surface area (Å²) in [4.78, 5) is 42.8. The summed E-state index contributed by atoms with van der Waals surface area (Å²) in [6, 6.07) is 11.6. The molecule has 1 fully saturated rings. The first-order valence-electron chi connectivity index (χ1n) is 14.8. The van der Waals surface area contributed by atoms with Gasteiger partial charge in [0, 0.05) is 18.4 Å². The maximum absolute atomic E-state index is 13.1. The number of oxazole rings is 1. The van der Waals surface area contributed by atoms with Gasteiger partial charge >= 0.3 is 11.9 Å². The Labute approximate surface area is 246 Å². The van der Waals surface area contributed by atoms with Crippen LogP contribution in [0.2, 0.25) is 0 Å². The predicted molar refractivity (Wildman–Crippen MR) is 157 cm³/mol. The van der Waals surface area contributed by atoms with E-state index in [4.69, 9.17) is 18.6 Å². The maximum Gasteiger partial charge on any atom is 0.343 e. The molecule has 2 aromatic carbocycles. The molecule has 0 unspecified atom stereocenters. The van der Waals surface area contributed by atoms with Gasteiger partial charge < -0.3 is 23.9 Å². The monoisotopic (exact) mass is 576 g/mol. The molecule has 1 aromatic heterocycles. The van der Waals surface area contributed by atoms with E-state index in [-0.39, 0.29) is 19.6 Å². The number of rotatable bonds is 14. The van der Waals surface area contributed by atoms with Crippen LogP contribution in [0.1, 0.15) is 82.4 Å². The Morgan fingerprint density at radius 3 is 2.12 bits per heavy atom. The zero-order valence-corrected chi connectivity index (χ0v) is 25.1. The smallest absolute Gasteiger partial charge is 0.343 e. The number of carbonyl (C=O) groups excluding carboxylic acids is 3. The topological polar surface area (TPSA) is 117 Å². The number of aryl methyl sites for hydroxylation is 1. The van der Waals surface area contributed by atoms with Gasteiger partial charge in [-0.05, 0) is 99.4 Å². The second kappa shape index (κ2) is 13.7. The summed E-state index contributed by atoms with van der Waals surface area (Å²) in [6.07, 6.45) is 5.75. The SMILES string of the molecule is CCOC(=O)C(CCc1ccc(Oc2ccc(-c3coc(C4CC4)n3)cc2)c(CC)c1CC)(NC(C)=O)C(=O)OCC. The molecule has 1 amide bonds. The lowest BCUT2D eigenvalue weighted by atomic mass is 9.87. The molecule has 42 heavy (non-hydrogen) atoms. The zero-order valence-electron chi connectivity index (χ0n) is 25.1. The predicted octanol–water partition coefficient (Wildman–Crippen LogP) is 6.07. The zero-order chi connectivity index (χ0) is 30.3. The second-order valence-electron chi connectivity index (χ2n) is 10.4. The van der Waals surface area contributed by atoms with Gasteiger partial charge in [-0.3, -0.25) is 4.79 Å². The number of aromatic nitrogens is 1. The van der Waals surface area contributed by atoms with Gasteiger partial charge in [0.05, 0.1) is 13.2 Å². The lowest BCUT2D eigenvalue weighted by Gasteiger charge is -2.30. The van der Waals surface area contributed by atoms with E-state index in [9.17, 15) is 14.4 Å². The molecule has 0 radical (unpaired) electrons. The number of hydrogen-bond donors (Lipinski definition) is 1. The highest BCUT2D eigenvalue weighted by atomic mass is 16.6. The highest BCUT2D eigenvalue weighted by Gasteiger charge is 2.49. The van der Waals surface area contributed by atoms with Crippen molar-refractivity contribution in [2.45, 2.75) is 84.6 Å². The Hall–Kier alpha value is -4.14. The molecule has 1 saturated carbocycles. The molecule has 1 heterocycles. The highest BCUT2D eigenvalue weighted by Crippen LogP contribution is 2.40. The Balaban J connectivity index is 1.56. The lowest BCUT2D eigenvalue weighted by molar-refractivity contribution is -0.168. The average molecular weight is 577 g/mol. The lowest BCUT2D eigenvalue weighted by Crippen LogP contribution is -2.61. The Morgan fingerprint density at radius 2 is 1.57 bits per heavy atom. The fourth-order valence-corrected chi connectivity index (χ4v) is 5.22. The van der Waals surface area contributed by atoms with Crippen LogP contribution >= 0.6 is 0 Å². The summed E-state index contributed by atoms with van der Waals surface area (Å²) < 4.78 is 22.4. The molecular formula is C33H40N2O7. The standard InChI is InChI=1S/C33H40N2O7/c1-6-26-22(18-19-33(35-21(5)36,31(37)39-8-3)32(38)40-9-4)14-17-29(27(26)7-2)42-25-15-12-23(13-16-25)28-20-41-30(34-28)24-10-11-24/h12-17,20,24H,6-11,18-19H2,1-5H3,(H,35,36). The third-order valence-corrected chi connectivity index (χ3v) is 7.43. The van der Waals surface area contributed by atoms with Crippen molar-refractivity contribution in [3.63, 3.8) is 0 Å². The average Bonchev–Trinajstić information content (AvgIpc) is 3.71. The number of amides is 1. The highest BCUT2D eigenvalue weighted by molar-refractivity contribution is 6.07. The van der Waals surface area contributed by atoms with E-state index in [1.165, 1.54) is 6.92 Å². The summed E-state index contributed by atoms with van der Waals surface area (Å²) in [5.41, 5.74) is 2.92. The molecule has 0 aliphatic heterocycles. The summed E-state index contributed by atoms with van der Waals surface area (Å²) in [6.45, 7) is 8.80. The molecule has 0 atom stereocenters. The Kier molecular flexibility index (Phi) is 10.0. The van der Waals surface area contributed by atoms with Crippen LogP contribution in [-0.2, 0) is 43.1 Å². The van der Waals surface area contributed by atoms with Crippen molar-refractivity contribution in [1.82, 2.24) is 10.3 Å². The fraction of sp³-hybridized carbons (Fsp3) is 0.455. The van der Waals surface area contributed by atoms with Crippen LogP contribution < -0.4 is 10.1 Å². The van der Waals surface area contributed by atoms with Crippen LogP contribution in [0, 0.1) is 0 Å². The summed E-state index contributed by atoms with van der Waals surface area (Å²) in [5, 5.41) is 2.55. The molecule has 1 N–H and O–H groups in total. The van der Waals surface area contributed by atoms with Gasteiger partial charge in [0.25, 0.3) is 0 Å². The molecule has 9 nitrogen and oxygen atoms in total. The first kappa shape index (κ1) is 30.8. The van der Waals surface area contributed by atoms with E-state index < -0.39 is 23.4 Å². The fourth-order valence-electron chi connectivity index (χ4n) is 5.22. The molecular weight excluding hydrogens is 536 g/mol. The number of benzene rings is 2. The van der Waals surface area contributed by atoms with E-state index in [0.717, 1.165) is 65.3 Å². The van der Waals surface area contributed by atoms with Gasteiger partial charge in [-0.15, -0.1) is 0 Å². The van der Waals surface area contributed by atoms with Crippen LogP contribution in [0.3, 0.4) is 0 Å². The van der Waals surface area contributed by atoms with Crippen LogP contribution in [0.15, 0.2) is 47.1 Å². The van der Waals surface area contributed by atoms with Gasteiger partial charge in [-0.1, -0.05) is 19.9 Å². The summed E-state index contributed by atoms with van der Waals surface area (Å²) in [5.74, 6) is 0.527. The first-order valence-corrected chi connectivity index (χ1v) is 14.8. The van der Waals surface area contributed by atoms with Crippen LogP contribution in [0.4, 0.5) is 0 Å². The molecule has 224 valence electrons. The minimum absolute atomic E-state index is 0.00737. The molecule has 1 aliphatic rings. The molecule has 1 aliphatic carbocycles. The Morgan fingerprint density at radius 1 is 0.929 bits per heavy atom. The van der Waals surface area contributed by atoms with Crippen molar-refractivity contribution in [1.29, 1.82) is 0 Å². The summed E-state index contributed by atoms with van der Waals surface area (Å²) in [7, 11) is 0. The normalized spacial score (nSPS) is 13.0. The first-order chi connectivity index (χ1) is 20.3. The number of carbonyl (C=O) groups is 3. The molecule has 3 aromatic rings. The molecule has 0 bridgehead atoms. The van der Waals surface area contributed by atoms with Crippen molar-refractivity contribution in [2.24, 2.45) is 0 Å². The molecule has 9 heteroatoms. The van der Waals surface area contributed by atoms with Crippen molar-refractivity contribution in [3.05, 3.63) is 65.2 Å². The third-order valence-electron chi connectivity index (χ3n) is 7.43. The molecule has 4 rings (SSSR count). The maximum atomic E-state index is 13.1. The number of ether oxygens (including phenoxy) is 3. The number of esters is 2. The van der Waals surface area contributed by atoms with Crippen LogP contribution in [0.25, 0.3) is 11.3 Å². The van der Waals surface area contributed by atoms with Gasteiger partial charge in [-0.25, -0.2) is 14.6 Å². The number of hydrogen-bond acceptors (Lipinski definition) is 8. The van der Waals surface area contributed by atoms with Gasteiger partial charge in [0.2, 0.25) is 11.4 Å². The third kappa shape index (κ3) is 6.83. The van der Waals surface area contributed by atoms with E-state index >= 15 is 0 Å². The van der Waals surface area contributed by atoms with Crippen molar-refractivity contribution >= 4 is 17.8 Å². The largest absolute Gasteiger partial charge is 0.464 e. The van der Waals surface area contributed by atoms with Crippen LogP contribution in [-0.4, -0.2) is 41.6 Å². The van der Waals surface area contributed by atoms with Gasteiger partial charge in [0.1, 0.15) is 23.5 Å². The molecule has 0 spiro atoms.